The van der Waals surface area contributed by atoms with E-state index in [0.717, 1.165) is 61.4 Å². The summed E-state index contributed by atoms with van der Waals surface area (Å²) in [6, 6.07) is 15.3. The largest absolute Gasteiger partial charge is 0.335 e. The summed E-state index contributed by atoms with van der Waals surface area (Å²) in [5.74, 6) is 0. The highest BCUT2D eigenvalue weighted by atomic mass is 16.2. The van der Waals surface area contributed by atoms with E-state index in [9.17, 15) is 9.59 Å². The SMILES string of the molecule is CCN1CCC(NC(=O)N2CCc3c(cccc3NC(=O)Nc3ccccc3)C2)CC1. The minimum atomic E-state index is -0.266. The van der Waals surface area contributed by atoms with Gasteiger partial charge in [0.25, 0.3) is 0 Å². The van der Waals surface area contributed by atoms with Gasteiger partial charge < -0.3 is 25.8 Å². The molecule has 7 heteroatoms. The monoisotopic (exact) mass is 421 g/mol. The molecule has 4 amide bonds. The van der Waals surface area contributed by atoms with Crippen molar-refractivity contribution in [2.24, 2.45) is 0 Å². The topological polar surface area (TPSA) is 76.7 Å². The molecule has 7 nitrogen and oxygen atoms in total. The summed E-state index contributed by atoms with van der Waals surface area (Å²) in [6.07, 6.45) is 2.74. The minimum absolute atomic E-state index is 0.0146. The van der Waals surface area contributed by atoms with Crippen LogP contribution in [0.3, 0.4) is 0 Å². The molecule has 164 valence electrons. The molecule has 0 bridgehead atoms. The maximum Gasteiger partial charge on any atom is 0.323 e. The van der Waals surface area contributed by atoms with Gasteiger partial charge in [0.1, 0.15) is 0 Å². The third-order valence-electron chi connectivity index (χ3n) is 6.20. The zero-order valence-electron chi connectivity index (χ0n) is 18.1. The van der Waals surface area contributed by atoms with Crippen molar-refractivity contribution < 1.29 is 9.59 Å². The number of urea groups is 2. The van der Waals surface area contributed by atoms with E-state index in [0.29, 0.717) is 13.1 Å². The fourth-order valence-corrected chi connectivity index (χ4v) is 4.37. The van der Waals surface area contributed by atoms with Crippen molar-refractivity contribution in [2.45, 2.75) is 38.8 Å². The number of hydrogen-bond acceptors (Lipinski definition) is 3. The Morgan fingerprint density at radius 1 is 0.968 bits per heavy atom. The summed E-state index contributed by atoms with van der Waals surface area (Å²) in [4.78, 5) is 29.5. The lowest BCUT2D eigenvalue weighted by Crippen LogP contribution is -2.50. The van der Waals surface area contributed by atoms with Crippen LogP contribution in [0.15, 0.2) is 48.5 Å². The number of amides is 4. The molecule has 0 saturated carbocycles. The lowest BCUT2D eigenvalue weighted by Gasteiger charge is -2.35. The number of nitrogens with zero attached hydrogens (tertiary/aromatic N) is 2. The number of rotatable bonds is 4. The van der Waals surface area contributed by atoms with E-state index in [1.165, 1.54) is 0 Å². The van der Waals surface area contributed by atoms with Crippen molar-refractivity contribution in [3.05, 3.63) is 59.7 Å². The number of benzene rings is 2. The Morgan fingerprint density at radius 2 is 1.74 bits per heavy atom. The van der Waals surface area contributed by atoms with E-state index in [1.807, 2.05) is 53.4 Å². The zero-order chi connectivity index (χ0) is 21.6. The molecule has 2 heterocycles. The molecule has 31 heavy (non-hydrogen) atoms. The summed E-state index contributed by atoms with van der Waals surface area (Å²) in [5, 5.41) is 9.03. The third-order valence-corrected chi connectivity index (χ3v) is 6.20. The van der Waals surface area contributed by atoms with Crippen LogP contribution in [0, 0.1) is 0 Å². The molecule has 0 aromatic heterocycles. The quantitative estimate of drug-likeness (QED) is 0.701. The average Bonchev–Trinajstić information content (AvgIpc) is 2.80. The van der Waals surface area contributed by atoms with E-state index in [4.69, 9.17) is 0 Å². The molecule has 2 aromatic rings. The molecule has 0 unspecified atom stereocenters. The number of anilines is 2. The van der Waals surface area contributed by atoms with Crippen molar-refractivity contribution in [3.63, 3.8) is 0 Å². The van der Waals surface area contributed by atoms with Gasteiger partial charge in [-0.1, -0.05) is 37.3 Å². The first-order valence-corrected chi connectivity index (χ1v) is 11.1. The second kappa shape index (κ2) is 9.83. The highest BCUT2D eigenvalue weighted by Crippen LogP contribution is 2.26. The predicted molar refractivity (Wildman–Crippen MR) is 123 cm³/mol. The molecule has 3 N–H and O–H groups in total. The van der Waals surface area contributed by atoms with E-state index >= 15 is 0 Å². The first-order chi connectivity index (χ1) is 15.1. The Labute approximate surface area is 183 Å². The second-order valence-corrected chi connectivity index (χ2v) is 8.22. The van der Waals surface area contributed by atoms with Gasteiger partial charge in [0.2, 0.25) is 0 Å². The third kappa shape index (κ3) is 5.35. The molecular weight excluding hydrogens is 390 g/mol. The van der Waals surface area contributed by atoms with Crippen molar-refractivity contribution in [3.8, 4) is 0 Å². The molecule has 1 saturated heterocycles. The molecule has 1 fully saturated rings. The normalized spacial score (nSPS) is 17.0. The summed E-state index contributed by atoms with van der Waals surface area (Å²) in [7, 11) is 0. The van der Waals surface area contributed by atoms with Crippen molar-refractivity contribution >= 4 is 23.4 Å². The standard InChI is InChI=1S/C24H31N5O2/c1-2-28-14-11-20(12-15-28)26-24(31)29-16-13-21-18(17-29)7-6-10-22(21)27-23(30)25-19-8-4-3-5-9-19/h3-10,20H,2,11-17H2,1H3,(H,26,31)(H2,25,27,30). The Hall–Kier alpha value is -3.06. The number of carbonyl (C=O) groups excluding carboxylic acids is 2. The Balaban J connectivity index is 1.34. The van der Waals surface area contributed by atoms with E-state index in [-0.39, 0.29) is 18.1 Å². The fourth-order valence-electron chi connectivity index (χ4n) is 4.37. The van der Waals surface area contributed by atoms with Crippen LogP contribution < -0.4 is 16.0 Å². The number of likely N-dealkylation sites (tertiary alicyclic amines) is 1. The molecule has 4 rings (SSSR count). The highest BCUT2D eigenvalue weighted by molar-refractivity contribution is 6.00. The van der Waals surface area contributed by atoms with Crippen molar-refractivity contribution in [2.75, 3.05) is 36.8 Å². The van der Waals surface area contributed by atoms with Gasteiger partial charge in [-0.2, -0.15) is 0 Å². The predicted octanol–water partition coefficient (Wildman–Crippen LogP) is 3.88. The summed E-state index contributed by atoms with van der Waals surface area (Å²) in [5.41, 5.74) is 3.74. The fraction of sp³-hybridized carbons (Fsp3) is 0.417. The molecule has 0 spiro atoms. The second-order valence-electron chi connectivity index (χ2n) is 8.22. The van der Waals surface area contributed by atoms with Gasteiger partial charge in [0.15, 0.2) is 0 Å². The average molecular weight is 422 g/mol. The Bertz CT molecular complexity index is 909. The van der Waals surface area contributed by atoms with Crippen molar-refractivity contribution in [1.82, 2.24) is 15.1 Å². The van der Waals surface area contributed by atoms with Gasteiger partial charge in [0, 0.05) is 43.6 Å². The van der Waals surface area contributed by atoms with Gasteiger partial charge >= 0.3 is 12.1 Å². The smallest absolute Gasteiger partial charge is 0.323 e. The van der Waals surface area contributed by atoms with Crippen LogP contribution in [0.5, 0.6) is 0 Å². The van der Waals surface area contributed by atoms with Gasteiger partial charge in [-0.3, -0.25) is 0 Å². The summed E-state index contributed by atoms with van der Waals surface area (Å²) < 4.78 is 0. The molecule has 0 atom stereocenters. The number of fused-ring (bicyclic) bond motifs is 1. The lowest BCUT2D eigenvalue weighted by atomic mass is 9.98. The maximum absolute atomic E-state index is 12.8. The number of piperidine rings is 1. The van der Waals surface area contributed by atoms with Gasteiger partial charge in [-0.05, 0) is 55.1 Å². The number of nitrogens with one attached hydrogen (secondary N) is 3. The van der Waals surface area contributed by atoms with Crippen LogP contribution in [0.2, 0.25) is 0 Å². The van der Waals surface area contributed by atoms with Gasteiger partial charge in [-0.25, -0.2) is 9.59 Å². The van der Waals surface area contributed by atoms with E-state index < -0.39 is 0 Å². The number of para-hydroxylation sites is 1. The summed E-state index contributed by atoms with van der Waals surface area (Å²) in [6.45, 7) is 6.55. The van der Waals surface area contributed by atoms with Crippen LogP contribution in [0.25, 0.3) is 0 Å². The number of hydrogen-bond donors (Lipinski definition) is 3. The molecule has 2 aliphatic heterocycles. The van der Waals surface area contributed by atoms with E-state index in [2.05, 4.69) is 27.8 Å². The zero-order valence-corrected chi connectivity index (χ0v) is 18.1. The van der Waals surface area contributed by atoms with E-state index in [1.54, 1.807) is 0 Å². The maximum atomic E-state index is 12.8. The van der Waals surface area contributed by atoms with Crippen LogP contribution in [0.4, 0.5) is 21.0 Å². The number of carbonyl (C=O) groups is 2. The molecule has 0 radical (unpaired) electrons. The van der Waals surface area contributed by atoms with Crippen LogP contribution >= 0.6 is 0 Å². The lowest BCUT2D eigenvalue weighted by molar-refractivity contribution is 0.171. The van der Waals surface area contributed by atoms with Crippen molar-refractivity contribution in [1.29, 1.82) is 0 Å². The summed E-state index contributed by atoms with van der Waals surface area (Å²) >= 11 is 0. The molecular formula is C24H31N5O2. The van der Waals surface area contributed by atoms with Gasteiger partial charge in [0.05, 0.1) is 0 Å². The van der Waals surface area contributed by atoms with Gasteiger partial charge in [-0.15, -0.1) is 0 Å². The first kappa shape index (κ1) is 21.2. The molecule has 2 aromatic carbocycles. The Kier molecular flexibility index (Phi) is 6.72. The first-order valence-electron chi connectivity index (χ1n) is 11.1. The van der Waals surface area contributed by atoms with Crippen LogP contribution in [0.1, 0.15) is 30.9 Å². The Morgan fingerprint density at radius 3 is 2.48 bits per heavy atom. The molecule has 0 aliphatic carbocycles. The highest BCUT2D eigenvalue weighted by Gasteiger charge is 2.26. The minimum Gasteiger partial charge on any atom is -0.335 e. The van der Waals surface area contributed by atoms with Crippen LogP contribution in [-0.4, -0.2) is 54.1 Å². The molecule has 2 aliphatic rings. The van der Waals surface area contributed by atoms with Crippen LogP contribution in [-0.2, 0) is 13.0 Å².